The number of halogens is 2. The number of rotatable bonds is 10. The lowest BCUT2D eigenvalue weighted by Crippen LogP contribution is -2.45. The fourth-order valence-electron chi connectivity index (χ4n) is 3.50. The SMILES string of the molecule is CN(C)c1c(F)cc(-c2nnn(CC(=O)C(CC(=O)OC(C)(C)C)NC(=O)OCc3ccccc3)n2)cc1F. The summed E-state index contributed by atoms with van der Waals surface area (Å²) < 4.78 is 39.2. The van der Waals surface area contributed by atoms with Crippen molar-refractivity contribution in [2.75, 3.05) is 19.0 Å². The van der Waals surface area contributed by atoms with Gasteiger partial charge in [0, 0.05) is 19.7 Å². The maximum atomic E-state index is 14.4. The van der Waals surface area contributed by atoms with E-state index in [0.717, 1.165) is 22.5 Å². The molecule has 1 atom stereocenters. The Labute approximate surface area is 224 Å². The minimum absolute atomic E-state index is 0.0159. The van der Waals surface area contributed by atoms with Gasteiger partial charge >= 0.3 is 12.1 Å². The third kappa shape index (κ3) is 8.55. The van der Waals surface area contributed by atoms with Gasteiger partial charge in [-0.25, -0.2) is 13.6 Å². The van der Waals surface area contributed by atoms with Crippen LogP contribution >= 0.6 is 0 Å². The molecule has 11 nitrogen and oxygen atoms in total. The molecular weight excluding hydrogens is 514 g/mol. The minimum atomic E-state index is -1.33. The Hall–Kier alpha value is -4.42. The Morgan fingerprint density at radius 1 is 1.08 bits per heavy atom. The van der Waals surface area contributed by atoms with E-state index in [4.69, 9.17) is 9.47 Å². The molecule has 1 amide bonds. The highest BCUT2D eigenvalue weighted by molar-refractivity contribution is 5.90. The molecule has 1 heterocycles. The number of ether oxygens (including phenoxy) is 2. The summed E-state index contributed by atoms with van der Waals surface area (Å²) in [7, 11) is 3.00. The van der Waals surface area contributed by atoms with Gasteiger partial charge in [0.2, 0.25) is 5.82 Å². The van der Waals surface area contributed by atoms with Crippen LogP contribution in [-0.2, 0) is 32.2 Å². The summed E-state index contributed by atoms with van der Waals surface area (Å²) in [5.74, 6) is -3.13. The minimum Gasteiger partial charge on any atom is -0.460 e. The molecule has 3 aromatic rings. The first-order valence-electron chi connectivity index (χ1n) is 12.0. The van der Waals surface area contributed by atoms with E-state index in [-0.39, 0.29) is 23.7 Å². The van der Waals surface area contributed by atoms with Crippen LogP contribution in [0.15, 0.2) is 42.5 Å². The average molecular weight is 545 g/mol. The van der Waals surface area contributed by atoms with E-state index in [0.29, 0.717) is 0 Å². The second kappa shape index (κ2) is 12.4. The average Bonchev–Trinajstić information content (AvgIpc) is 3.29. The van der Waals surface area contributed by atoms with Gasteiger partial charge in [0.1, 0.15) is 42.1 Å². The Morgan fingerprint density at radius 2 is 1.72 bits per heavy atom. The molecular formula is C26H30F2N6O5. The van der Waals surface area contributed by atoms with Crippen molar-refractivity contribution in [2.45, 2.75) is 52.0 Å². The third-order valence-corrected chi connectivity index (χ3v) is 5.16. The highest BCUT2D eigenvalue weighted by Gasteiger charge is 2.28. The molecule has 0 aliphatic rings. The number of hydrogen-bond donors (Lipinski definition) is 1. The van der Waals surface area contributed by atoms with Gasteiger partial charge < -0.3 is 19.7 Å². The number of tetrazole rings is 1. The zero-order valence-electron chi connectivity index (χ0n) is 22.3. The highest BCUT2D eigenvalue weighted by atomic mass is 19.1. The molecule has 208 valence electrons. The van der Waals surface area contributed by atoms with Crippen LogP contribution in [0.3, 0.4) is 0 Å². The van der Waals surface area contributed by atoms with Crippen LogP contribution in [0.25, 0.3) is 11.4 Å². The summed E-state index contributed by atoms with van der Waals surface area (Å²) in [5, 5.41) is 13.9. The number of Topliss-reactive ketones (excluding diaryl/α,β-unsaturated/α-hetero) is 1. The van der Waals surface area contributed by atoms with Gasteiger partial charge in [-0.3, -0.25) is 9.59 Å². The van der Waals surface area contributed by atoms with Gasteiger partial charge in [-0.1, -0.05) is 30.3 Å². The number of ketones is 1. The Kier molecular flexibility index (Phi) is 9.28. The number of nitrogens with zero attached hydrogens (tertiary/aromatic N) is 5. The predicted octanol–water partition coefficient (Wildman–Crippen LogP) is 3.28. The Bertz CT molecular complexity index is 1300. The molecule has 2 aromatic carbocycles. The number of benzene rings is 2. The summed E-state index contributed by atoms with van der Waals surface area (Å²) in [6, 6.07) is 9.68. The van der Waals surface area contributed by atoms with Crippen molar-refractivity contribution < 1.29 is 32.6 Å². The van der Waals surface area contributed by atoms with Gasteiger partial charge in [-0.2, -0.15) is 4.80 Å². The van der Waals surface area contributed by atoms with Crippen molar-refractivity contribution in [3.8, 4) is 11.4 Å². The number of nitrogens with one attached hydrogen (secondary N) is 1. The third-order valence-electron chi connectivity index (χ3n) is 5.16. The number of amides is 1. The standard InChI is InChI=1S/C26H30F2N6O5/c1-26(2,3)39-22(36)13-20(29-25(37)38-15-16-9-7-6-8-10-16)21(35)14-34-31-24(30-32-34)17-11-18(27)23(33(4)5)19(28)12-17/h6-12,20H,13-15H2,1-5H3,(H,29,37). The van der Waals surface area contributed by atoms with Gasteiger partial charge in [-0.05, 0) is 43.7 Å². The zero-order chi connectivity index (χ0) is 28.7. The van der Waals surface area contributed by atoms with Gasteiger partial charge in [-0.15, -0.1) is 10.2 Å². The molecule has 1 aromatic heterocycles. The number of carbonyl (C=O) groups excluding carboxylic acids is 3. The first-order valence-corrected chi connectivity index (χ1v) is 12.0. The lowest BCUT2D eigenvalue weighted by molar-refractivity contribution is -0.156. The predicted molar refractivity (Wildman–Crippen MR) is 137 cm³/mol. The van der Waals surface area contributed by atoms with Crippen LogP contribution in [-0.4, -0.2) is 63.8 Å². The monoisotopic (exact) mass is 544 g/mol. The molecule has 0 saturated carbocycles. The van der Waals surface area contributed by atoms with Crippen molar-refractivity contribution in [1.82, 2.24) is 25.5 Å². The van der Waals surface area contributed by atoms with Crippen molar-refractivity contribution in [3.05, 3.63) is 59.7 Å². The molecule has 3 rings (SSSR count). The molecule has 0 spiro atoms. The number of esters is 1. The molecule has 0 fully saturated rings. The summed E-state index contributed by atoms with van der Waals surface area (Å²) in [4.78, 5) is 40.1. The van der Waals surface area contributed by atoms with Gasteiger partial charge in [0.05, 0.1) is 6.42 Å². The van der Waals surface area contributed by atoms with E-state index in [2.05, 4.69) is 20.7 Å². The molecule has 1 N–H and O–H groups in total. The maximum absolute atomic E-state index is 14.4. The molecule has 0 bridgehead atoms. The Balaban J connectivity index is 1.73. The number of aromatic nitrogens is 4. The molecule has 0 saturated heterocycles. The first-order chi connectivity index (χ1) is 18.3. The van der Waals surface area contributed by atoms with Crippen molar-refractivity contribution in [3.63, 3.8) is 0 Å². The number of carbonyl (C=O) groups is 3. The van der Waals surface area contributed by atoms with Crippen molar-refractivity contribution in [2.24, 2.45) is 0 Å². The van der Waals surface area contributed by atoms with E-state index >= 15 is 0 Å². The summed E-state index contributed by atoms with van der Waals surface area (Å²) in [6.45, 7) is 4.45. The van der Waals surface area contributed by atoms with Crippen LogP contribution in [0.5, 0.6) is 0 Å². The van der Waals surface area contributed by atoms with Gasteiger partial charge in [0.15, 0.2) is 5.78 Å². The fraction of sp³-hybridized carbons (Fsp3) is 0.385. The topological polar surface area (TPSA) is 129 Å². The molecule has 13 heteroatoms. The zero-order valence-corrected chi connectivity index (χ0v) is 22.3. The second-order valence-corrected chi connectivity index (χ2v) is 9.84. The molecule has 0 aliphatic carbocycles. The van der Waals surface area contributed by atoms with E-state index < -0.39 is 54.1 Å². The van der Waals surface area contributed by atoms with E-state index in [1.807, 2.05) is 6.07 Å². The summed E-state index contributed by atoms with van der Waals surface area (Å²) in [6.07, 6.45) is -1.39. The van der Waals surface area contributed by atoms with Crippen LogP contribution in [0.4, 0.5) is 19.3 Å². The smallest absolute Gasteiger partial charge is 0.408 e. The molecule has 39 heavy (non-hydrogen) atoms. The summed E-state index contributed by atoms with van der Waals surface area (Å²) >= 11 is 0. The fourth-order valence-corrected chi connectivity index (χ4v) is 3.50. The molecule has 1 unspecified atom stereocenters. The highest BCUT2D eigenvalue weighted by Crippen LogP contribution is 2.27. The van der Waals surface area contributed by atoms with Gasteiger partial charge in [0.25, 0.3) is 0 Å². The van der Waals surface area contributed by atoms with Crippen LogP contribution in [0.1, 0.15) is 32.8 Å². The molecule has 0 aliphatic heterocycles. The summed E-state index contributed by atoms with van der Waals surface area (Å²) in [5.41, 5.74) is -0.291. The van der Waals surface area contributed by atoms with E-state index in [1.165, 1.54) is 19.0 Å². The lowest BCUT2D eigenvalue weighted by atomic mass is 10.1. The van der Waals surface area contributed by atoms with E-state index in [9.17, 15) is 23.2 Å². The van der Waals surface area contributed by atoms with Crippen LogP contribution in [0, 0.1) is 11.6 Å². The first kappa shape index (κ1) is 29.1. The second-order valence-electron chi connectivity index (χ2n) is 9.84. The molecule has 0 radical (unpaired) electrons. The normalized spacial score (nSPS) is 12.0. The van der Waals surface area contributed by atoms with E-state index in [1.54, 1.807) is 45.0 Å². The van der Waals surface area contributed by atoms with Crippen molar-refractivity contribution >= 4 is 23.5 Å². The van der Waals surface area contributed by atoms with Crippen molar-refractivity contribution in [1.29, 1.82) is 0 Å². The maximum Gasteiger partial charge on any atom is 0.408 e. The quantitative estimate of drug-likeness (QED) is 0.382. The number of hydrogen-bond acceptors (Lipinski definition) is 9. The Morgan fingerprint density at radius 3 is 2.31 bits per heavy atom. The lowest BCUT2D eigenvalue weighted by Gasteiger charge is -2.22. The largest absolute Gasteiger partial charge is 0.460 e. The number of anilines is 1. The van der Waals surface area contributed by atoms with Crippen LogP contribution in [0.2, 0.25) is 0 Å². The van der Waals surface area contributed by atoms with Crippen LogP contribution < -0.4 is 10.2 Å². The number of alkyl carbamates (subject to hydrolysis) is 1.